The Kier molecular flexibility index (Phi) is 9.20. The van der Waals surface area contributed by atoms with Gasteiger partial charge in [0.25, 0.3) is 5.91 Å². The molecule has 0 aliphatic heterocycles. The van der Waals surface area contributed by atoms with E-state index in [0.717, 1.165) is 5.56 Å². The van der Waals surface area contributed by atoms with E-state index in [2.05, 4.69) is 5.32 Å². The second-order valence-corrected chi connectivity index (χ2v) is 9.97. The molecule has 0 saturated heterocycles. The molecular weight excluding hydrogens is 473 g/mol. The summed E-state index contributed by atoms with van der Waals surface area (Å²) in [5.74, 6) is -0.456. The molecule has 0 aromatic heterocycles. The second-order valence-electron chi connectivity index (χ2n) is 7.48. The van der Waals surface area contributed by atoms with E-state index in [1.54, 1.807) is 80.6 Å². The van der Waals surface area contributed by atoms with Gasteiger partial charge >= 0.3 is 7.60 Å². The zero-order valence-corrected chi connectivity index (χ0v) is 20.8. The lowest BCUT2D eigenvalue weighted by Crippen LogP contribution is -2.24. The molecule has 0 spiro atoms. The summed E-state index contributed by atoms with van der Waals surface area (Å²) in [7, 11) is -3.22. The van der Waals surface area contributed by atoms with Crippen LogP contribution >= 0.6 is 19.2 Å². The minimum Gasteiger partial charge on any atom is -0.348 e. The smallest absolute Gasteiger partial charge is 0.335 e. The van der Waals surface area contributed by atoms with Crippen molar-refractivity contribution >= 4 is 30.9 Å². The number of rotatable bonds is 11. The van der Waals surface area contributed by atoms with Gasteiger partial charge in [0.15, 0.2) is 5.78 Å². The molecule has 34 heavy (non-hydrogen) atoms. The van der Waals surface area contributed by atoms with Gasteiger partial charge in [0, 0.05) is 28.3 Å². The summed E-state index contributed by atoms with van der Waals surface area (Å²) in [5, 5.41) is 3.30. The van der Waals surface area contributed by atoms with Crippen molar-refractivity contribution in [1.29, 1.82) is 0 Å². The lowest BCUT2D eigenvalue weighted by atomic mass is 9.98. The standard InChI is InChI=1S/C26H27ClNO5P/c1-3-32-34(31,33-4-2)18-19-10-12-21(13-11-19)26(30)28-17-22-14-15-23(27)16-24(22)25(29)20-8-6-5-7-9-20/h5-16H,3-4,17-18H2,1-2H3,(H,28,30). The highest BCUT2D eigenvalue weighted by molar-refractivity contribution is 7.53. The quantitative estimate of drug-likeness (QED) is 0.248. The first-order valence-corrected chi connectivity index (χ1v) is 13.1. The van der Waals surface area contributed by atoms with Crippen LogP contribution in [-0.2, 0) is 26.3 Å². The Bertz CT molecular complexity index is 1170. The van der Waals surface area contributed by atoms with Gasteiger partial charge in [-0.15, -0.1) is 0 Å². The van der Waals surface area contributed by atoms with E-state index < -0.39 is 7.60 Å². The lowest BCUT2D eigenvalue weighted by molar-refractivity contribution is 0.0948. The molecule has 0 saturated carbocycles. The monoisotopic (exact) mass is 499 g/mol. The summed E-state index contributed by atoms with van der Waals surface area (Å²) in [4.78, 5) is 25.7. The van der Waals surface area contributed by atoms with Crippen LogP contribution in [0.2, 0.25) is 5.02 Å². The van der Waals surface area contributed by atoms with Crippen LogP contribution < -0.4 is 5.32 Å². The van der Waals surface area contributed by atoms with Gasteiger partial charge in [0.1, 0.15) is 0 Å². The van der Waals surface area contributed by atoms with Crippen molar-refractivity contribution in [3.8, 4) is 0 Å². The number of amides is 1. The maximum atomic E-state index is 13.0. The van der Waals surface area contributed by atoms with Crippen molar-refractivity contribution in [2.45, 2.75) is 26.6 Å². The second kappa shape index (κ2) is 12.1. The average Bonchev–Trinajstić information content (AvgIpc) is 2.83. The van der Waals surface area contributed by atoms with Gasteiger partial charge in [-0.3, -0.25) is 14.2 Å². The van der Waals surface area contributed by atoms with Crippen LogP contribution in [0, 0.1) is 0 Å². The zero-order chi connectivity index (χ0) is 24.6. The van der Waals surface area contributed by atoms with Gasteiger partial charge in [-0.2, -0.15) is 0 Å². The summed E-state index contributed by atoms with van der Waals surface area (Å²) in [5.41, 5.74) is 2.84. The Morgan fingerprint density at radius 3 is 2.15 bits per heavy atom. The third kappa shape index (κ3) is 6.87. The van der Waals surface area contributed by atoms with Gasteiger partial charge in [-0.25, -0.2) is 0 Å². The molecule has 0 radical (unpaired) electrons. The number of nitrogens with one attached hydrogen (secondary N) is 1. The van der Waals surface area contributed by atoms with Crippen molar-refractivity contribution in [1.82, 2.24) is 5.32 Å². The van der Waals surface area contributed by atoms with Crippen LogP contribution in [0.3, 0.4) is 0 Å². The highest BCUT2D eigenvalue weighted by Crippen LogP contribution is 2.51. The summed E-state index contributed by atoms with van der Waals surface area (Å²) >= 11 is 6.13. The van der Waals surface area contributed by atoms with Gasteiger partial charge in [0.05, 0.1) is 19.4 Å². The normalized spacial score (nSPS) is 11.3. The molecule has 1 amide bonds. The fourth-order valence-corrected chi connectivity index (χ4v) is 5.32. The summed E-state index contributed by atoms with van der Waals surface area (Å²) < 4.78 is 23.4. The Labute approximate surface area is 204 Å². The Morgan fingerprint density at radius 2 is 1.53 bits per heavy atom. The molecule has 178 valence electrons. The number of carbonyl (C=O) groups excluding carboxylic acids is 2. The molecular formula is C26H27ClNO5P. The molecule has 3 aromatic carbocycles. The molecule has 0 bridgehead atoms. The van der Waals surface area contributed by atoms with E-state index in [0.29, 0.717) is 27.3 Å². The van der Waals surface area contributed by atoms with Crippen LogP contribution in [0.1, 0.15) is 51.3 Å². The Balaban J connectivity index is 1.69. The molecule has 0 heterocycles. The highest BCUT2D eigenvalue weighted by Gasteiger charge is 2.24. The predicted molar refractivity (Wildman–Crippen MR) is 134 cm³/mol. The van der Waals surface area contributed by atoms with Gasteiger partial charge in [-0.1, -0.05) is 60.1 Å². The van der Waals surface area contributed by atoms with Gasteiger partial charge < -0.3 is 14.4 Å². The predicted octanol–water partition coefficient (Wildman–Crippen LogP) is 6.27. The lowest BCUT2D eigenvalue weighted by Gasteiger charge is -2.17. The number of carbonyl (C=O) groups is 2. The number of halogens is 1. The van der Waals surface area contributed by atoms with Crippen LogP contribution in [0.25, 0.3) is 0 Å². The van der Waals surface area contributed by atoms with Crippen LogP contribution in [0.5, 0.6) is 0 Å². The minimum absolute atomic E-state index is 0.131. The molecule has 0 aliphatic carbocycles. The van der Waals surface area contributed by atoms with Crippen molar-refractivity contribution in [2.75, 3.05) is 13.2 Å². The molecule has 0 aliphatic rings. The molecule has 6 nitrogen and oxygen atoms in total. The van der Waals surface area contributed by atoms with Gasteiger partial charge in [0.2, 0.25) is 0 Å². The molecule has 3 aromatic rings. The fourth-order valence-electron chi connectivity index (χ4n) is 3.44. The van der Waals surface area contributed by atoms with Crippen LogP contribution in [0.4, 0.5) is 0 Å². The van der Waals surface area contributed by atoms with Crippen molar-refractivity contribution in [3.05, 3.63) is 106 Å². The molecule has 3 rings (SSSR count). The van der Waals surface area contributed by atoms with E-state index in [-0.39, 0.29) is 37.6 Å². The summed E-state index contributed by atoms with van der Waals surface area (Å²) in [6, 6.07) is 20.7. The van der Waals surface area contributed by atoms with E-state index in [1.165, 1.54) is 0 Å². The van der Waals surface area contributed by atoms with E-state index in [1.807, 2.05) is 6.07 Å². The van der Waals surface area contributed by atoms with Crippen molar-refractivity contribution in [3.63, 3.8) is 0 Å². The third-order valence-electron chi connectivity index (χ3n) is 5.04. The molecule has 0 atom stereocenters. The molecule has 1 N–H and O–H groups in total. The van der Waals surface area contributed by atoms with Gasteiger partial charge in [-0.05, 0) is 49.2 Å². The van der Waals surface area contributed by atoms with E-state index in [4.69, 9.17) is 20.6 Å². The molecule has 0 fully saturated rings. The Morgan fingerprint density at radius 1 is 0.882 bits per heavy atom. The molecule has 8 heteroatoms. The molecule has 0 unspecified atom stereocenters. The Hall–Kier alpha value is -2.76. The van der Waals surface area contributed by atoms with E-state index in [9.17, 15) is 14.2 Å². The maximum absolute atomic E-state index is 13.0. The SMILES string of the molecule is CCOP(=O)(Cc1ccc(C(=O)NCc2ccc(Cl)cc2C(=O)c2ccccc2)cc1)OCC. The fraction of sp³-hybridized carbons (Fsp3) is 0.231. The largest absolute Gasteiger partial charge is 0.348 e. The van der Waals surface area contributed by atoms with E-state index >= 15 is 0 Å². The third-order valence-corrected chi connectivity index (χ3v) is 7.33. The highest BCUT2D eigenvalue weighted by atomic mass is 35.5. The van der Waals surface area contributed by atoms with Crippen molar-refractivity contribution < 1.29 is 23.2 Å². The number of benzene rings is 3. The number of hydrogen-bond donors (Lipinski definition) is 1. The first-order chi connectivity index (χ1) is 16.3. The summed E-state index contributed by atoms with van der Waals surface area (Å²) in [6.07, 6.45) is 0.131. The zero-order valence-electron chi connectivity index (χ0n) is 19.1. The first-order valence-electron chi connectivity index (χ1n) is 11.0. The van der Waals surface area contributed by atoms with Crippen LogP contribution in [-0.4, -0.2) is 24.9 Å². The number of hydrogen-bond acceptors (Lipinski definition) is 5. The van der Waals surface area contributed by atoms with Crippen molar-refractivity contribution in [2.24, 2.45) is 0 Å². The average molecular weight is 500 g/mol. The maximum Gasteiger partial charge on any atom is 0.335 e. The summed E-state index contributed by atoms with van der Waals surface area (Å²) in [6.45, 7) is 4.27. The first kappa shape index (κ1) is 25.9. The van der Waals surface area contributed by atoms with Crippen LogP contribution in [0.15, 0.2) is 72.8 Å². The topological polar surface area (TPSA) is 81.7 Å². The minimum atomic E-state index is -3.22. The number of ketones is 1.